The molecule has 1 aromatic rings. The Morgan fingerprint density at radius 1 is 1.25 bits per heavy atom. The Balaban J connectivity index is 1.70. The van der Waals surface area contributed by atoms with E-state index in [2.05, 4.69) is 0 Å². The van der Waals surface area contributed by atoms with Crippen molar-refractivity contribution in [2.24, 2.45) is 0 Å². The van der Waals surface area contributed by atoms with Crippen molar-refractivity contribution in [2.45, 2.75) is 32.0 Å². The van der Waals surface area contributed by atoms with Crippen LogP contribution in [0, 0.1) is 5.82 Å². The van der Waals surface area contributed by atoms with E-state index in [1.165, 1.54) is 12.1 Å². The molecular weight excluding hydrogens is 261 g/mol. The van der Waals surface area contributed by atoms with Gasteiger partial charge in [0, 0.05) is 25.1 Å². The Bertz CT molecular complexity index is 500. The molecule has 0 unspecified atom stereocenters. The number of aryl methyl sites for hydroxylation is 1. The summed E-state index contributed by atoms with van der Waals surface area (Å²) in [6.45, 7) is 1.96. The molecule has 5 heteroatoms. The van der Waals surface area contributed by atoms with E-state index in [4.69, 9.17) is 9.47 Å². The normalized spacial score (nSPS) is 20.1. The second-order valence-corrected chi connectivity index (χ2v) is 5.13. The zero-order valence-corrected chi connectivity index (χ0v) is 11.3. The number of hydrogen-bond acceptors (Lipinski definition) is 3. The van der Waals surface area contributed by atoms with Crippen molar-refractivity contribution in [3.63, 3.8) is 0 Å². The van der Waals surface area contributed by atoms with Crippen LogP contribution in [0.15, 0.2) is 18.2 Å². The number of benzene rings is 1. The van der Waals surface area contributed by atoms with E-state index >= 15 is 0 Å². The molecule has 0 N–H and O–H groups in total. The summed E-state index contributed by atoms with van der Waals surface area (Å²) in [7, 11) is 0. The van der Waals surface area contributed by atoms with Gasteiger partial charge < -0.3 is 14.4 Å². The first kappa shape index (κ1) is 13.5. The molecule has 2 aliphatic heterocycles. The van der Waals surface area contributed by atoms with Crippen LogP contribution in [-0.4, -0.2) is 32.0 Å². The number of rotatable bonds is 3. The lowest BCUT2D eigenvalue weighted by molar-refractivity contribution is -0.179. The van der Waals surface area contributed by atoms with E-state index in [0.29, 0.717) is 39.0 Å². The highest BCUT2D eigenvalue weighted by Crippen LogP contribution is 2.29. The molecule has 1 saturated heterocycles. The van der Waals surface area contributed by atoms with Gasteiger partial charge in [-0.2, -0.15) is 0 Å². The maximum atomic E-state index is 13.3. The standard InChI is InChI=1S/C15H18FNO3/c16-12-3-4-13-11(10-12)2-5-14(18)17(13)7-6-15-19-8-1-9-20-15/h3-4,10,15H,1-2,5-9H2. The Labute approximate surface area is 117 Å². The topological polar surface area (TPSA) is 38.8 Å². The minimum atomic E-state index is -0.253. The Morgan fingerprint density at radius 2 is 2.05 bits per heavy atom. The number of nitrogens with zero attached hydrogens (tertiary/aromatic N) is 1. The average Bonchev–Trinajstić information content (AvgIpc) is 2.47. The largest absolute Gasteiger partial charge is 0.353 e. The first-order valence-corrected chi connectivity index (χ1v) is 7.06. The first-order chi connectivity index (χ1) is 9.74. The third kappa shape index (κ3) is 2.83. The maximum absolute atomic E-state index is 13.3. The van der Waals surface area contributed by atoms with Crippen molar-refractivity contribution in [3.8, 4) is 0 Å². The van der Waals surface area contributed by atoms with E-state index < -0.39 is 0 Å². The fraction of sp³-hybridized carbons (Fsp3) is 0.533. The van der Waals surface area contributed by atoms with Crippen molar-refractivity contribution in [1.82, 2.24) is 0 Å². The lowest BCUT2D eigenvalue weighted by Gasteiger charge is -2.31. The molecule has 2 heterocycles. The summed E-state index contributed by atoms with van der Waals surface area (Å²) in [6, 6.07) is 4.60. The summed E-state index contributed by atoms with van der Waals surface area (Å²) in [5, 5.41) is 0. The molecule has 20 heavy (non-hydrogen) atoms. The van der Waals surface area contributed by atoms with Crippen LogP contribution in [0.25, 0.3) is 0 Å². The Morgan fingerprint density at radius 3 is 2.85 bits per heavy atom. The number of fused-ring (bicyclic) bond motifs is 1. The van der Waals surface area contributed by atoms with Gasteiger partial charge in [-0.1, -0.05) is 0 Å². The molecule has 0 saturated carbocycles. The summed E-state index contributed by atoms with van der Waals surface area (Å²) in [4.78, 5) is 13.8. The second kappa shape index (κ2) is 5.89. The van der Waals surface area contributed by atoms with Gasteiger partial charge in [-0.15, -0.1) is 0 Å². The fourth-order valence-electron chi connectivity index (χ4n) is 2.71. The molecule has 1 aromatic carbocycles. The molecule has 2 aliphatic rings. The van der Waals surface area contributed by atoms with Crippen molar-refractivity contribution in [3.05, 3.63) is 29.6 Å². The number of carbonyl (C=O) groups excluding carboxylic acids is 1. The lowest BCUT2D eigenvalue weighted by Crippen LogP contribution is -2.38. The monoisotopic (exact) mass is 279 g/mol. The average molecular weight is 279 g/mol. The molecule has 1 amide bonds. The van der Waals surface area contributed by atoms with Crippen molar-refractivity contribution >= 4 is 11.6 Å². The van der Waals surface area contributed by atoms with Crippen molar-refractivity contribution in [1.29, 1.82) is 0 Å². The molecule has 0 atom stereocenters. The summed E-state index contributed by atoms with van der Waals surface area (Å²) >= 11 is 0. The molecule has 0 aliphatic carbocycles. The summed E-state index contributed by atoms with van der Waals surface area (Å²) in [5.74, 6) is -0.170. The quantitative estimate of drug-likeness (QED) is 0.852. The smallest absolute Gasteiger partial charge is 0.227 e. The van der Waals surface area contributed by atoms with E-state index in [0.717, 1.165) is 17.7 Å². The van der Waals surface area contributed by atoms with Crippen LogP contribution in [0.5, 0.6) is 0 Å². The predicted molar refractivity (Wildman–Crippen MR) is 72.0 cm³/mol. The molecule has 3 rings (SSSR count). The third-order valence-electron chi connectivity index (χ3n) is 3.73. The first-order valence-electron chi connectivity index (χ1n) is 7.06. The molecular formula is C15H18FNO3. The van der Waals surface area contributed by atoms with Crippen LogP contribution in [-0.2, 0) is 20.7 Å². The number of carbonyl (C=O) groups is 1. The predicted octanol–water partition coefficient (Wildman–Crippen LogP) is 2.26. The van der Waals surface area contributed by atoms with E-state index in [1.807, 2.05) is 0 Å². The third-order valence-corrected chi connectivity index (χ3v) is 3.73. The highest BCUT2D eigenvalue weighted by Gasteiger charge is 2.25. The fourth-order valence-corrected chi connectivity index (χ4v) is 2.71. The van der Waals surface area contributed by atoms with E-state index in [-0.39, 0.29) is 18.0 Å². The van der Waals surface area contributed by atoms with Crippen molar-refractivity contribution in [2.75, 3.05) is 24.7 Å². The van der Waals surface area contributed by atoms with Gasteiger partial charge in [0.05, 0.1) is 13.2 Å². The van der Waals surface area contributed by atoms with Gasteiger partial charge in [0.2, 0.25) is 5.91 Å². The molecule has 0 radical (unpaired) electrons. The van der Waals surface area contributed by atoms with Crippen LogP contribution < -0.4 is 4.90 Å². The van der Waals surface area contributed by atoms with Gasteiger partial charge in [0.1, 0.15) is 5.82 Å². The number of hydrogen-bond donors (Lipinski definition) is 0. The second-order valence-electron chi connectivity index (χ2n) is 5.13. The Kier molecular flexibility index (Phi) is 3.98. The van der Waals surface area contributed by atoms with Gasteiger partial charge >= 0.3 is 0 Å². The SMILES string of the molecule is O=C1CCc2cc(F)ccc2N1CCC1OCCCO1. The lowest BCUT2D eigenvalue weighted by atomic mass is 10.0. The van der Waals surface area contributed by atoms with Crippen LogP contribution in [0.2, 0.25) is 0 Å². The summed E-state index contributed by atoms with van der Waals surface area (Å²) < 4.78 is 24.2. The molecule has 4 nitrogen and oxygen atoms in total. The van der Waals surface area contributed by atoms with Gasteiger partial charge in [-0.05, 0) is 36.6 Å². The Hall–Kier alpha value is -1.46. The number of anilines is 1. The number of amides is 1. The molecule has 1 fully saturated rings. The van der Waals surface area contributed by atoms with Crippen LogP contribution in [0.1, 0.15) is 24.8 Å². The molecule has 0 spiro atoms. The highest BCUT2D eigenvalue weighted by molar-refractivity contribution is 5.96. The van der Waals surface area contributed by atoms with Crippen LogP contribution >= 0.6 is 0 Å². The maximum Gasteiger partial charge on any atom is 0.227 e. The minimum Gasteiger partial charge on any atom is -0.353 e. The number of ether oxygens (including phenoxy) is 2. The number of halogens is 1. The molecule has 0 aromatic heterocycles. The molecule has 108 valence electrons. The minimum absolute atomic E-state index is 0.0833. The van der Waals surface area contributed by atoms with Crippen LogP contribution in [0.3, 0.4) is 0 Å². The summed E-state index contributed by atoms with van der Waals surface area (Å²) in [5.41, 5.74) is 1.72. The van der Waals surface area contributed by atoms with Crippen molar-refractivity contribution < 1.29 is 18.7 Å². The zero-order chi connectivity index (χ0) is 13.9. The van der Waals surface area contributed by atoms with E-state index in [9.17, 15) is 9.18 Å². The van der Waals surface area contributed by atoms with Gasteiger partial charge in [-0.25, -0.2) is 4.39 Å². The zero-order valence-electron chi connectivity index (χ0n) is 11.3. The highest BCUT2D eigenvalue weighted by atomic mass is 19.1. The van der Waals surface area contributed by atoms with Gasteiger partial charge in [0.15, 0.2) is 6.29 Å². The van der Waals surface area contributed by atoms with Gasteiger partial charge in [-0.3, -0.25) is 4.79 Å². The van der Waals surface area contributed by atoms with E-state index in [1.54, 1.807) is 11.0 Å². The van der Waals surface area contributed by atoms with Gasteiger partial charge in [0.25, 0.3) is 0 Å². The molecule has 0 bridgehead atoms. The van der Waals surface area contributed by atoms with Crippen LogP contribution in [0.4, 0.5) is 10.1 Å². The summed E-state index contributed by atoms with van der Waals surface area (Å²) in [6.07, 6.45) is 2.37.